The summed E-state index contributed by atoms with van der Waals surface area (Å²) in [6.45, 7) is 0.648. The van der Waals surface area contributed by atoms with Crippen LogP contribution in [-0.2, 0) is 4.79 Å². The van der Waals surface area contributed by atoms with Gasteiger partial charge in [0.05, 0.1) is 25.3 Å². The molecular weight excluding hydrogens is 343 g/mol. The number of carbonyl (C=O) groups is 2. The molecule has 1 aliphatic heterocycles. The van der Waals surface area contributed by atoms with E-state index >= 15 is 0 Å². The van der Waals surface area contributed by atoms with Crippen molar-refractivity contribution >= 4 is 23.0 Å². The summed E-state index contributed by atoms with van der Waals surface area (Å²) in [5, 5.41) is 13.1. The van der Waals surface area contributed by atoms with Crippen LogP contribution >= 0.6 is 0 Å². The second kappa shape index (κ2) is 6.87. The molecule has 2 heterocycles. The molecular formula is C18H19FN2O5. The molecule has 3 atom stereocenters. The molecule has 1 aromatic carbocycles. The first-order valence-electron chi connectivity index (χ1n) is 8.10. The highest BCUT2D eigenvalue weighted by atomic mass is 19.1. The lowest BCUT2D eigenvalue weighted by Crippen LogP contribution is -2.40. The van der Waals surface area contributed by atoms with E-state index in [0.717, 1.165) is 5.39 Å². The first-order chi connectivity index (χ1) is 12.4. The van der Waals surface area contributed by atoms with Crippen molar-refractivity contribution in [1.82, 2.24) is 10.3 Å². The van der Waals surface area contributed by atoms with E-state index in [1.54, 1.807) is 18.2 Å². The standard InChI is InChI=1S/C18H19FN2O5/c1-10-14(21-17(24)18(10,19)9-23)8-26-16-13-6-15(25-2)12(7-22)5-11(13)3-4-20-16/h3-7,10,14,23H,8-9H2,1-2H3,(H,21,24)/t10?,14?,18-/m0/s1. The molecule has 1 saturated heterocycles. The van der Waals surface area contributed by atoms with Crippen LogP contribution in [0, 0.1) is 5.92 Å². The van der Waals surface area contributed by atoms with Crippen molar-refractivity contribution in [3.8, 4) is 11.6 Å². The van der Waals surface area contributed by atoms with Crippen LogP contribution in [0.1, 0.15) is 17.3 Å². The topological polar surface area (TPSA) is 97.8 Å². The number of ether oxygens (including phenoxy) is 2. The minimum atomic E-state index is -2.32. The van der Waals surface area contributed by atoms with Crippen molar-refractivity contribution in [2.45, 2.75) is 18.6 Å². The number of rotatable bonds is 6. The lowest BCUT2D eigenvalue weighted by atomic mass is 9.90. The molecule has 0 bridgehead atoms. The van der Waals surface area contributed by atoms with Gasteiger partial charge < -0.3 is 19.9 Å². The lowest BCUT2D eigenvalue weighted by molar-refractivity contribution is -0.133. The predicted molar refractivity (Wildman–Crippen MR) is 91.2 cm³/mol. The molecule has 2 unspecified atom stereocenters. The summed E-state index contributed by atoms with van der Waals surface area (Å²) < 4.78 is 25.4. The molecule has 0 radical (unpaired) electrons. The number of aliphatic hydroxyl groups is 1. The summed E-state index contributed by atoms with van der Waals surface area (Å²) in [4.78, 5) is 27.1. The Morgan fingerprint density at radius 1 is 1.46 bits per heavy atom. The maximum absolute atomic E-state index is 14.5. The Balaban J connectivity index is 1.86. The monoisotopic (exact) mass is 362 g/mol. The number of aromatic nitrogens is 1. The molecule has 0 spiro atoms. The fourth-order valence-electron chi connectivity index (χ4n) is 3.09. The second-order valence-electron chi connectivity index (χ2n) is 6.25. The summed E-state index contributed by atoms with van der Waals surface area (Å²) in [5.74, 6) is -0.938. The maximum Gasteiger partial charge on any atom is 0.260 e. The number of carbonyl (C=O) groups excluding carboxylic acids is 2. The van der Waals surface area contributed by atoms with Gasteiger partial charge in [0, 0.05) is 17.5 Å². The third-order valence-electron chi connectivity index (χ3n) is 4.85. The quantitative estimate of drug-likeness (QED) is 0.751. The van der Waals surface area contributed by atoms with Gasteiger partial charge in [-0.2, -0.15) is 0 Å². The third kappa shape index (κ3) is 2.86. The van der Waals surface area contributed by atoms with Gasteiger partial charge in [-0.3, -0.25) is 9.59 Å². The van der Waals surface area contributed by atoms with Gasteiger partial charge in [-0.1, -0.05) is 6.92 Å². The Bertz CT molecular complexity index is 859. The molecule has 7 nitrogen and oxygen atoms in total. The fourth-order valence-corrected chi connectivity index (χ4v) is 3.09. The van der Waals surface area contributed by atoms with Gasteiger partial charge in [-0.25, -0.2) is 9.37 Å². The molecule has 2 N–H and O–H groups in total. The number of fused-ring (bicyclic) bond motifs is 1. The average Bonchev–Trinajstić information content (AvgIpc) is 2.89. The number of amides is 1. The number of hydrogen-bond acceptors (Lipinski definition) is 6. The van der Waals surface area contributed by atoms with Crippen molar-refractivity contribution in [2.75, 3.05) is 20.3 Å². The van der Waals surface area contributed by atoms with Crippen LogP contribution in [0.2, 0.25) is 0 Å². The number of aliphatic hydroxyl groups excluding tert-OH is 1. The molecule has 1 aliphatic rings. The summed E-state index contributed by atoms with van der Waals surface area (Å²) in [6, 6.07) is 4.43. The molecule has 2 aromatic rings. The minimum absolute atomic E-state index is 0.0115. The van der Waals surface area contributed by atoms with Crippen molar-refractivity contribution < 1.29 is 28.6 Å². The molecule has 3 rings (SSSR count). The van der Waals surface area contributed by atoms with Gasteiger partial charge in [0.15, 0.2) is 6.29 Å². The summed E-state index contributed by atoms with van der Waals surface area (Å²) in [7, 11) is 1.45. The Kier molecular flexibility index (Phi) is 4.78. The van der Waals surface area contributed by atoms with Gasteiger partial charge in [0.2, 0.25) is 11.5 Å². The second-order valence-corrected chi connectivity index (χ2v) is 6.25. The summed E-state index contributed by atoms with van der Waals surface area (Å²) in [6.07, 6.45) is 2.23. The zero-order valence-corrected chi connectivity index (χ0v) is 14.4. The molecule has 0 aliphatic carbocycles. The highest BCUT2D eigenvalue weighted by Crippen LogP contribution is 2.33. The third-order valence-corrected chi connectivity index (χ3v) is 4.85. The normalized spacial score (nSPS) is 25.2. The first-order valence-corrected chi connectivity index (χ1v) is 8.10. The van der Waals surface area contributed by atoms with Gasteiger partial charge in [-0.15, -0.1) is 0 Å². The Labute approximate surface area is 149 Å². The molecule has 1 fully saturated rings. The van der Waals surface area contributed by atoms with Crippen molar-refractivity contribution in [1.29, 1.82) is 0 Å². The lowest BCUT2D eigenvalue weighted by Gasteiger charge is -2.21. The van der Waals surface area contributed by atoms with Gasteiger partial charge in [-0.05, 0) is 23.6 Å². The number of pyridine rings is 1. The molecule has 138 valence electrons. The van der Waals surface area contributed by atoms with Crippen LogP contribution in [0.5, 0.6) is 11.6 Å². The first kappa shape index (κ1) is 18.1. The van der Waals surface area contributed by atoms with Crippen LogP contribution in [0.3, 0.4) is 0 Å². The zero-order valence-electron chi connectivity index (χ0n) is 14.4. The van der Waals surface area contributed by atoms with Crippen LogP contribution in [0.4, 0.5) is 4.39 Å². The van der Waals surface area contributed by atoms with Crippen LogP contribution < -0.4 is 14.8 Å². The van der Waals surface area contributed by atoms with Gasteiger partial charge in [0.25, 0.3) is 5.91 Å². The van der Waals surface area contributed by atoms with Crippen molar-refractivity contribution in [3.05, 3.63) is 30.0 Å². The van der Waals surface area contributed by atoms with E-state index in [2.05, 4.69) is 10.3 Å². The highest BCUT2D eigenvalue weighted by Gasteiger charge is 2.53. The molecule has 0 saturated carbocycles. The molecule has 26 heavy (non-hydrogen) atoms. The number of methoxy groups -OCH3 is 1. The number of nitrogens with one attached hydrogen (secondary N) is 1. The van der Waals surface area contributed by atoms with E-state index in [0.29, 0.717) is 23.0 Å². The van der Waals surface area contributed by atoms with Gasteiger partial charge in [0.1, 0.15) is 12.4 Å². The van der Waals surface area contributed by atoms with Crippen LogP contribution in [-0.4, -0.2) is 54.3 Å². The molecule has 1 amide bonds. The maximum atomic E-state index is 14.5. The van der Waals surface area contributed by atoms with Crippen LogP contribution in [0.25, 0.3) is 10.8 Å². The largest absolute Gasteiger partial charge is 0.496 e. The number of aldehydes is 1. The van der Waals surface area contributed by atoms with E-state index < -0.39 is 30.1 Å². The molecule has 8 heteroatoms. The van der Waals surface area contributed by atoms with E-state index in [4.69, 9.17) is 9.47 Å². The number of alkyl halides is 1. The smallest absolute Gasteiger partial charge is 0.260 e. The van der Waals surface area contributed by atoms with E-state index in [-0.39, 0.29) is 12.5 Å². The SMILES string of the molecule is COc1cc2c(OCC3NC(=O)[C@](F)(CO)C3C)nccc2cc1C=O. The number of hydrogen-bond donors (Lipinski definition) is 2. The van der Waals surface area contributed by atoms with E-state index in [1.807, 2.05) is 0 Å². The van der Waals surface area contributed by atoms with Crippen LogP contribution in [0.15, 0.2) is 24.4 Å². The van der Waals surface area contributed by atoms with E-state index in [1.165, 1.54) is 20.2 Å². The Morgan fingerprint density at radius 3 is 2.85 bits per heavy atom. The number of benzene rings is 1. The average molecular weight is 362 g/mol. The summed E-state index contributed by atoms with van der Waals surface area (Å²) in [5.41, 5.74) is -1.92. The Hall–Kier alpha value is -2.74. The number of nitrogens with zero attached hydrogens (tertiary/aromatic N) is 1. The van der Waals surface area contributed by atoms with Crippen molar-refractivity contribution in [2.24, 2.45) is 5.92 Å². The molecule has 1 aromatic heterocycles. The van der Waals surface area contributed by atoms with Gasteiger partial charge >= 0.3 is 0 Å². The predicted octanol–water partition coefficient (Wildman–Crippen LogP) is 1.27. The van der Waals surface area contributed by atoms with Crippen molar-refractivity contribution in [3.63, 3.8) is 0 Å². The zero-order chi connectivity index (χ0) is 18.9. The highest BCUT2D eigenvalue weighted by molar-refractivity contribution is 5.94. The number of halogens is 1. The van der Waals surface area contributed by atoms with E-state index in [9.17, 15) is 19.1 Å². The fraction of sp³-hybridized carbons (Fsp3) is 0.389. The Morgan fingerprint density at radius 2 is 2.23 bits per heavy atom. The minimum Gasteiger partial charge on any atom is -0.496 e. The summed E-state index contributed by atoms with van der Waals surface area (Å²) >= 11 is 0.